The number of hydrogen-bond donors (Lipinski definition) is 0. The van der Waals surface area contributed by atoms with Crippen molar-refractivity contribution in [3.8, 4) is 11.5 Å². The van der Waals surface area contributed by atoms with Gasteiger partial charge in [0, 0.05) is 5.56 Å². The summed E-state index contributed by atoms with van der Waals surface area (Å²) in [4.78, 5) is 0. The smallest absolute Gasteiger partial charge is 0.184 e. The fourth-order valence-corrected chi connectivity index (χ4v) is 1.69. The number of benzene rings is 1. The maximum absolute atomic E-state index is 5.60. The molecule has 0 bridgehead atoms. The lowest BCUT2D eigenvalue weighted by molar-refractivity contribution is -0.0573. The summed E-state index contributed by atoms with van der Waals surface area (Å²) >= 11 is 0. The molecule has 88 valence electrons. The maximum Gasteiger partial charge on any atom is 0.184 e. The highest BCUT2D eigenvalue weighted by Gasteiger charge is 2.24. The first-order valence-electron chi connectivity index (χ1n) is 5.23. The minimum absolute atomic E-state index is 0.137. The first kappa shape index (κ1) is 11.2. The third kappa shape index (κ3) is 2.13. The zero-order valence-electron chi connectivity index (χ0n) is 9.73. The summed E-state index contributed by atoms with van der Waals surface area (Å²) in [6.07, 6.45) is -0.159. The van der Waals surface area contributed by atoms with Gasteiger partial charge in [-0.3, -0.25) is 0 Å². The summed E-state index contributed by atoms with van der Waals surface area (Å²) in [6.45, 7) is 2.61. The van der Waals surface area contributed by atoms with Crippen molar-refractivity contribution in [2.24, 2.45) is 0 Å². The molecular weight excluding hydrogens is 208 g/mol. The Morgan fingerprint density at radius 2 is 1.94 bits per heavy atom. The van der Waals surface area contributed by atoms with E-state index in [0.29, 0.717) is 18.1 Å². The number of methoxy groups -OCH3 is 2. The lowest BCUT2D eigenvalue weighted by atomic mass is 10.2. The third-order valence-corrected chi connectivity index (χ3v) is 2.52. The van der Waals surface area contributed by atoms with E-state index in [0.717, 1.165) is 5.56 Å². The fourth-order valence-electron chi connectivity index (χ4n) is 1.69. The molecule has 2 rings (SSSR count). The highest BCUT2D eigenvalue weighted by Crippen LogP contribution is 2.33. The molecule has 1 heterocycles. The molecule has 1 aliphatic rings. The average Bonchev–Trinajstić information content (AvgIpc) is 2.75. The van der Waals surface area contributed by atoms with E-state index in [4.69, 9.17) is 18.9 Å². The topological polar surface area (TPSA) is 36.9 Å². The van der Waals surface area contributed by atoms with Crippen LogP contribution in [-0.4, -0.2) is 26.9 Å². The van der Waals surface area contributed by atoms with Crippen LogP contribution in [0.5, 0.6) is 11.5 Å². The van der Waals surface area contributed by atoms with Gasteiger partial charge >= 0.3 is 0 Å². The minimum atomic E-state index is -0.296. The molecule has 1 fully saturated rings. The van der Waals surface area contributed by atoms with Gasteiger partial charge in [-0.05, 0) is 19.1 Å². The van der Waals surface area contributed by atoms with E-state index in [-0.39, 0.29) is 12.4 Å². The van der Waals surface area contributed by atoms with Crippen LogP contribution >= 0.6 is 0 Å². The minimum Gasteiger partial charge on any atom is -0.493 e. The summed E-state index contributed by atoms with van der Waals surface area (Å²) in [5.74, 6) is 1.39. The van der Waals surface area contributed by atoms with Gasteiger partial charge in [-0.2, -0.15) is 0 Å². The Labute approximate surface area is 95.1 Å². The van der Waals surface area contributed by atoms with Crippen LogP contribution in [0.15, 0.2) is 18.2 Å². The highest BCUT2D eigenvalue weighted by molar-refractivity contribution is 5.43. The van der Waals surface area contributed by atoms with Crippen molar-refractivity contribution < 1.29 is 18.9 Å². The Bertz CT molecular complexity index is 364. The second-order valence-corrected chi connectivity index (χ2v) is 3.73. The summed E-state index contributed by atoms with van der Waals surface area (Å²) < 4.78 is 21.5. The van der Waals surface area contributed by atoms with E-state index in [1.165, 1.54) is 0 Å². The van der Waals surface area contributed by atoms with E-state index in [1.807, 2.05) is 25.1 Å². The van der Waals surface area contributed by atoms with Crippen LogP contribution in [0.2, 0.25) is 0 Å². The fraction of sp³-hybridized carbons (Fsp3) is 0.500. The van der Waals surface area contributed by atoms with Gasteiger partial charge in [0.15, 0.2) is 17.8 Å². The van der Waals surface area contributed by atoms with Gasteiger partial charge in [0.25, 0.3) is 0 Å². The Morgan fingerprint density at radius 1 is 1.19 bits per heavy atom. The summed E-state index contributed by atoms with van der Waals surface area (Å²) in [7, 11) is 3.22. The van der Waals surface area contributed by atoms with E-state index in [1.54, 1.807) is 14.2 Å². The summed E-state index contributed by atoms with van der Waals surface area (Å²) in [6, 6.07) is 5.65. The van der Waals surface area contributed by atoms with Gasteiger partial charge in [-0.1, -0.05) is 6.07 Å². The van der Waals surface area contributed by atoms with Crippen LogP contribution < -0.4 is 9.47 Å². The van der Waals surface area contributed by atoms with Crippen LogP contribution in [0, 0.1) is 0 Å². The van der Waals surface area contributed by atoms with E-state index < -0.39 is 0 Å². The molecule has 4 heteroatoms. The van der Waals surface area contributed by atoms with Gasteiger partial charge in [0.1, 0.15) is 0 Å². The van der Waals surface area contributed by atoms with Crippen molar-refractivity contribution >= 4 is 0 Å². The SMILES string of the molecule is COc1ccc(C2OCC(C)O2)cc1OC. The molecule has 0 saturated carbocycles. The van der Waals surface area contributed by atoms with Crippen molar-refractivity contribution in [1.29, 1.82) is 0 Å². The largest absolute Gasteiger partial charge is 0.493 e. The quantitative estimate of drug-likeness (QED) is 0.788. The molecule has 0 aliphatic carbocycles. The standard InChI is InChI=1S/C12H16O4/c1-8-7-15-12(16-8)9-4-5-10(13-2)11(6-9)14-3/h4-6,8,12H,7H2,1-3H3. The van der Waals surface area contributed by atoms with Crippen LogP contribution in [0.1, 0.15) is 18.8 Å². The van der Waals surface area contributed by atoms with Crippen molar-refractivity contribution in [3.63, 3.8) is 0 Å². The number of ether oxygens (including phenoxy) is 4. The monoisotopic (exact) mass is 224 g/mol. The second-order valence-electron chi connectivity index (χ2n) is 3.73. The zero-order valence-corrected chi connectivity index (χ0v) is 9.73. The van der Waals surface area contributed by atoms with Gasteiger partial charge < -0.3 is 18.9 Å². The highest BCUT2D eigenvalue weighted by atomic mass is 16.7. The Kier molecular flexibility index (Phi) is 3.31. The second kappa shape index (κ2) is 4.72. The van der Waals surface area contributed by atoms with Crippen LogP contribution in [0.25, 0.3) is 0 Å². The van der Waals surface area contributed by atoms with Gasteiger partial charge in [0.05, 0.1) is 26.9 Å². The molecule has 1 aliphatic heterocycles. The predicted molar refractivity (Wildman–Crippen MR) is 58.8 cm³/mol. The molecule has 0 aromatic heterocycles. The number of hydrogen-bond acceptors (Lipinski definition) is 4. The normalized spacial score (nSPS) is 24.4. The number of rotatable bonds is 3. The molecule has 1 aromatic carbocycles. The Balaban J connectivity index is 2.22. The molecule has 0 spiro atoms. The van der Waals surface area contributed by atoms with Gasteiger partial charge in [-0.25, -0.2) is 0 Å². The predicted octanol–water partition coefficient (Wildman–Crippen LogP) is 2.14. The van der Waals surface area contributed by atoms with Gasteiger partial charge in [0.2, 0.25) is 0 Å². The van der Waals surface area contributed by atoms with Crippen molar-refractivity contribution in [1.82, 2.24) is 0 Å². The van der Waals surface area contributed by atoms with Gasteiger partial charge in [-0.15, -0.1) is 0 Å². The lowest BCUT2D eigenvalue weighted by Gasteiger charge is -2.13. The Morgan fingerprint density at radius 3 is 2.50 bits per heavy atom. The zero-order chi connectivity index (χ0) is 11.5. The lowest BCUT2D eigenvalue weighted by Crippen LogP contribution is -2.03. The molecule has 0 amide bonds. The Hall–Kier alpha value is -1.26. The molecule has 1 saturated heterocycles. The summed E-state index contributed by atoms with van der Waals surface area (Å²) in [5.41, 5.74) is 0.946. The summed E-state index contributed by atoms with van der Waals surface area (Å²) in [5, 5.41) is 0. The molecule has 2 atom stereocenters. The molecule has 0 radical (unpaired) electrons. The molecule has 1 aromatic rings. The van der Waals surface area contributed by atoms with E-state index >= 15 is 0 Å². The maximum atomic E-state index is 5.60. The van der Waals surface area contributed by atoms with Crippen LogP contribution in [-0.2, 0) is 9.47 Å². The molecule has 16 heavy (non-hydrogen) atoms. The molecule has 0 N–H and O–H groups in total. The first-order valence-corrected chi connectivity index (χ1v) is 5.23. The molecule has 2 unspecified atom stereocenters. The van der Waals surface area contributed by atoms with Crippen molar-refractivity contribution in [3.05, 3.63) is 23.8 Å². The van der Waals surface area contributed by atoms with Crippen molar-refractivity contribution in [2.45, 2.75) is 19.3 Å². The molecule has 4 nitrogen and oxygen atoms in total. The average molecular weight is 224 g/mol. The van der Waals surface area contributed by atoms with E-state index in [9.17, 15) is 0 Å². The van der Waals surface area contributed by atoms with E-state index in [2.05, 4.69) is 0 Å². The first-order chi connectivity index (χ1) is 7.74. The van der Waals surface area contributed by atoms with Crippen LogP contribution in [0.3, 0.4) is 0 Å². The molecular formula is C12H16O4. The van der Waals surface area contributed by atoms with Crippen LogP contribution in [0.4, 0.5) is 0 Å². The van der Waals surface area contributed by atoms with Crippen molar-refractivity contribution in [2.75, 3.05) is 20.8 Å². The third-order valence-electron chi connectivity index (χ3n) is 2.52.